The van der Waals surface area contributed by atoms with Crippen LogP contribution in [0.5, 0.6) is 5.75 Å². The summed E-state index contributed by atoms with van der Waals surface area (Å²) >= 11 is 1.88. The van der Waals surface area contributed by atoms with Gasteiger partial charge in [-0.15, -0.1) is 11.8 Å². The van der Waals surface area contributed by atoms with Gasteiger partial charge in [0.1, 0.15) is 5.75 Å². The third kappa shape index (κ3) is 4.04. The van der Waals surface area contributed by atoms with E-state index in [2.05, 4.69) is 29.6 Å². The maximum absolute atomic E-state index is 11.3. The second-order valence-electron chi connectivity index (χ2n) is 5.26. The molecular weight excluding hydrogens is 294 g/mol. The number of fused-ring (bicyclic) bond motifs is 1. The molecule has 1 N–H and O–H groups in total. The smallest absolute Gasteiger partial charge is 0.228 e. The molecule has 22 heavy (non-hydrogen) atoms. The first-order chi connectivity index (χ1) is 10.8. The molecule has 0 saturated carbocycles. The summed E-state index contributed by atoms with van der Waals surface area (Å²) < 4.78 is 5.77. The minimum atomic E-state index is 0.0603. The molecule has 3 rings (SSSR count). The number of hydrogen-bond donors (Lipinski definition) is 1. The summed E-state index contributed by atoms with van der Waals surface area (Å²) in [6, 6.07) is 16.3. The third-order valence-electron chi connectivity index (χ3n) is 3.52. The van der Waals surface area contributed by atoms with Gasteiger partial charge in [-0.1, -0.05) is 18.2 Å². The van der Waals surface area contributed by atoms with E-state index in [0.717, 1.165) is 42.2 Å². The van der Waals surface area contributed by atoms with Crippen molar-refractivity contribution in [2.24, 2.45) is 0 Å². The number of nitrogens with one attached hydrogen (secondary N) is 1. The number of anilines is 1. The lowest BCUT2D eigenvalue weighted by Crippen LogP contribution is -2.03. The summed E-state index contributed by atoms with van der Waals surface area (Å²) in [5.74, 6) is 2.02. The molecule has 0 unspecified atom stereocenters. The van der Waals surface area contributed by atoms with Crippen LogP contribution in [0.25, 0.3) is 0 Å². The first kappa shape index (κ1) is 15.0. The zero-order chi connectivity index (χ0) is 15.2. The van der Waals surface area contributed by atoms with E-state index in [9.17, 15) is 4.79 Å². The van der Waals surface area contributed by atoms with E-state index in [0.29, 0.717) is 6.42 Å². The van der Waals surface area contributed by atoms with Gasteiger partial charge in [0.25, 0.3) is 0 Å². The van der Waals surface area contributed by atoms with Crippen molar-refractivity contribution < 1.29 is 9.53 Å². The van der Waals surface area contributed by atoms with Gasteiger partial charge in [0.15, 0.2) is 0 Å². The number of carbonyl (C=O) groups is 1. The van der Waals surface area contributed by atoms with Crippen LogP contribution in [0.4, 0.5) is 5.69 Å². The maximum Gasteiger partial charge on any atom is 0.228 e. The Bertz CT molecular complexity index is 643. The normalized spacial score (nSPS) is 12.8. The molecule has 2 aromatic rings. The second kappa shape index (κ2) is 7.36. The Kier molecular flexibility index (Phi) is 5.01. The molecule has 1 aliphatic rings. The van der Waals surface area contributed by atoms with Gasteiger partial charge in [0.05, 0.1) is 13.0 Å². The van der Waals surface area contributed by atoms with E-state index in [4.69, 9.17) is 4.74 Å². The van der Waals surface area contributed by atoms with Crippen LogP contribution in [-0.4, -0.2) is 18.3 Å². The van der Waals surface area contributed by atoms with Gasteiger partial charge >= 0.3 is 0 Å². The Morgan fingerprint density at radius 1 is 1.09 bits per heavy atom. The number of unbranched alkanes of at least 4 members (excludes halogenated alkanes) is 1. The quantitative estimate of drug-likeness (QED) is 0.617. The Labute approximate surface area is 135 Å². The number of thioether (sulfide) groups is 1. The molecule has 1 aliphatic heterocycles. The van der Waals surface area contributed by atoms with E-state index in [1.54, 1.807) is 0 Å². The molecule has 0 aromatic heterocycles. The van der Waals surface area contributed by atoms with Crippen LogP contribution in [0.3, 0.4) is 0 Å². The standard InChI is InChI=1S/C18H19NO2S/c20-18-13-14-12-15(8-9-17(14)19-18)21-10-4-5-11-22-16-6-2-1-3-7-16/h1-3,6-9,12H,4-5,10-11,13H2,(H,19,20). The van der Waals surface area contributed by atoms with Crippen molar-refractivity contribution >= 4 is 23.4 Å². The molecule has 1 heterocycles. The zero-order valence-electron chi connectivity index (χ0n) is 12.4. The molecule has 0 aliphatic carbocycles. The minimum absolute atomic E-state index is 0.0603. The van der Waals surface area contributed by atoms with Crippen molar-refractivity contribution in [3.05, 3.63) is 54.1 Å². The lowest BCUT2D eigenvalue weighted by Gasteiger charge is -2.07. The highest BCUT2D eigenvalue weighted by Crippen LogP contribution is 2.27. The molecule has 0 saturated heterocycles. The van der Waals surface area contributed by atoms with Crippen LogP contribution in [0, 0.1) is 0 Å². The molecule has 3 nitrogen and oxygen atoms in total. The van der Waals surface area contributed by atoms with Crippen LogP contribution in [0.15, 0.2) is 53.4 Å². The lowest BCUT2D eigenvalue weighted by atomic mass is 10.1. The number of hydrogen-bond acceptors (Lipinski definition) is 3. The molecule has 0 atom stereocenters. The van der Waals surface area contributed by atoms with Crippen LogP contribution in [0.1, 0.15) is 18.4 Å². The van der Waals surface area contributed by atoms with Gasteiger partial charge < -0.3 is 10.1 Å². The summed E-state index contributed by atoms with van der Waals surface area (Å²) in [6.45, 7) is 0.718. The molecule has 0 bridgehead atoms. The molecule has 2 aromatic carbocycles. The first-order valence-corrected chi connectivity index (χ1v) is 8.53. The highest BCUT2D eigenvalue weighted by atomic mass is 32.2. The van der Waals surface area contributed by atoms with Gasteiger partial charge in [-0.05, 0) is 54.5 Å². The Hall–Kier alpha value is -1.94. The van der Waals surface area contributed by atoms with Crippen molar-refractivity contribution in [3.63, 3.8) is 0 Å². The Morgan fingerprint density at radius 2 is 1.95 bits per heavy atom. The van der Waals surface area contributed by atoms with Crippen LogP contribution >= 0.6 is 11.8 Å². The molecule has 4 heteroatoms. The van der Waals surface area contributed by atoms with E-state index in [-0.39, 0.29) is 5.91 Å². The lowest BCUT2D eigenvalue weighted by molar-refractivity contribution is -0.115. The largest absolute Gasteiger partial charge is 0.494 e. The third-order valence-corrected chi connectivity index (χ3v) is 4.62. The fourth-order valence-electron chi connectivity index (χ4n) is 2.40. The molecule has 0 radical (unpaired) electrons. The average molecular weight is 313 g/mol. The van der Waals surface area contributed by atoms with Crippen molar-refractivity contribution in [2.75, 3.05) is 17.7 Å². The Morgan fingerprint density at radius 3 is 2.82 bits per heavy atom. The SMILES string of the molecule is O=C1Cc2cc(OCCCCSc3ccccc3)ccc2N1. The Balaban J connectivity index is 1.35. The summed E-state index contributed by atoms with van der Waals surface area (Å²) in [5, 5.41) is 2.83. The summed E-state index contributed by atoms with van der Waals surface area (Å²) in [4.78, 5) is 12.6. The molecule has 0 fully saturated rings. The monoisotopic (exact) mass is 313 g/mol. The minimum Gasteiger partial charge on any atom is -0.494 e. The highest BCUT2D eigenvalue weighted by molar-refractivity contribution is 7.99. The van der Waals surface area contributed by atoms with E-state index in [1.807, 2.05) is 36.0 Å². The summed E-state index contributed by atoms with van der Waals surface area (Å²) in [7, 11) is 0. The van der Waals surface area contributed by atoms with E-state index in [1.165, 1.54) is 4.90 Å². The van der Waals surface area contributed by atoms with Crippen LogP contribution in [0.2, 0.25) is 0 Å². The second-order valence-corrected chi connectivity index (χ2v) is 6.43. The van der Waals surface area contributed by atoms with Gasteiger partial charge in [-0.25, -0.2) is 0 Å². The molecular formula is C18H19NO2S. The molecule has 1 amide bonds. The summed E-state index contributed by atoms with van der Waals surface area (Å²) in [5.41, 5.74) is 1.94. The molecule has 0 spiro atoms. The maximum atomic E-state index is 11.3. The van der Waals surface area contributed by atoms with Gasteiger partial charge in [-0.2, -0.15) is 0 Å². The predicted octanol–water partition coefficient (Wildman–Crippen LogP) is 4.13. The highest BCUT2D eigenvalue weighted by Gasteiger charge is 2.17. The number of ether oxygens (including phenoxy) is 1. The predicted molar refractivity (Wildman–Crippen MR) is 90.7 cm³/mol. The van der Waals surface area contributed by atoms with E-state index < -0.39 is 0 Å². The number of benzene rings is 2. The summed E-state index contributed by atoms with van der Waals surface area (Å²) in [6.07, 6.45) is 2.62. The van der Waals surface area contributed by atoms with Crippen molar-refractivity contribution in [2.45, 2.75) is 24.2 Å². The fourth-order valence-corrected chi connectivity index (χ4v) is 3.33. The van der Waals surface area contributed by atoms with Gasteiger partial charge in [0, 0.05) is 10.6 Å². The van der Waals surface area contributed by atoms with Crippen molar-refractivity contribution in [1.29, 1.82) is 0 Å². The van der Waals surface area contributed by atoms with E-state index >= 15 is 0 Å². The number of amides is 1. The van der Waals surface area contributed by atoms with Crippen molar-refractivity contribution in [3.8, 4) is 5.75 Å². The van der Waals surface area contributed by atoms with Crippen LogP contribution < -0.4 is 10.1 Å². The number of rotatable bonds is 7. The average Bonchev–Trinajstić information content (AvgIpc) is 2.91. The fraction of sp³-hybridized carbons (Fsp3) is 0.278. The first-order valence-electron chi connectivity index (χ1n) is 7.55. The van der Waals surface area contributed by atoms with Crippen LogP contribution in [-0.2, 0) is 11.2 Å². The zero-order valence-corrected chi connectivity index (χ0v) is 13.2. The van der Waals surface area contributed by atoms with Gasteiger partial charge in [-0.3, -0.25) is 4.79 Å². The molecule has 114 valence electrons. The van der Waals surface area contributed by atoms with Gasteiger partial charge in [0.2, 0.25) is 5.91 Å². The topological polar surface area (TPSA) is 38.3 Å². The number of carbonyl (C=O) groups excluding carboxylic acids is 1. The van der Waals surface area contributed by atoms with Crippen molar-refractivity contribution in [1.82, 2.24) is 0 Å².